The molecule has 2 heterocycles. The van der Waals surface area contributed by atoms with E-state index >= 15 is 0 Å². The first kappa shape index (κ1) is 19.6. The molecule has 1 atom stereocenters. The Bertz CT molecular complexity index is 854. The first-order chi connectivity index (χ1) is 14.1. The molecule has 0 radical (unpaired) electrons. The molecule has 4 rings (SSSR count). The summed E-state index contributed by atoms with van der Waals surface area (Å²) < 4.78 is 5.80. The Kier molecular flexibility index (Phi) is 5.94. The van der Waals surface area contributed by atoms with Crippen LogP contribution in [0.4, 0.5) is 5.69 Å². The van der Waals surface area contributed by atoms with Gasteiger partial charge in [-0.3, -0.25) is 9.59 Å². The fourth-order valence-corrected chi connectivity index (χ4v) is 3.99. The summed E-state index contributed by atoms with van der Waals surface area (Å²) in [6.45, 7) is 0.432. The van der Waals surface area contributed by atoms with Crippen LogP contribution < -0.4 is 15.0 Å². The molecule has 0 bridgehead atoms. The Labute approximate surface area is 174 Å². The Balaban J connectivity index is 1.25. The zero-order valence-corrected chi connectivity index (χ0v) is 16.7. The van der Waals surface area contributed by atoms with Gasteiger partial charge in [0.25, 0.3) is 0 Å². The van der Waals surface area contributed by atoms with E-state index in [1.807, 2.05) is 30.3 Å². The zero-order valence-electron chi connectivity index (χ0n) is 16.0. The van der Waals surface area contributed by atoms with E-state index in [9.17, 15) is 9.59 Å². The van der Waals surface area contributed by atoms with Gasteiger partial charge in [0.05, 0.1) is 23.3 Å². The fraction of sp³-hybridized carbons (Fsp3) is 0.429. The van der Waals surface area contributed by atoms with Crippen molar-refractivity contribution in [2.24, 2.45) is 5.92 Å². The van der Waals surface area contributed by atoms with Crippen LogP contribution in [0.3, 0.4) is 0 Å². The number of anilines is 1. The van der Waals surface area contributed by atoms with Gasteiger partial charge in [-0.25, -0.2) is 9.97 Å². The van der Waals surface area contributed by atoms with Crippen LogP contribution >= 0.6 is 11.6 Å². The number of nitrogens with zero attached hydrogens (tertiary/aromatic N) is 3. The fourth-order valence-electron chi connectivity index (χ4n) is 3.90. The molecule has 2 aliphatic rings. The van der Waals surface area contributed by atoms with E-state index in [-0.39, 0.29) is 36.3 Å². The van der Waals surface area contributed by atoms with Gasteiger partial charge >= 0.3 is 6.01 Å². The number of para-hydroxylation sites is 1. The summed E-state index contributed by atoms with van der Waals surface area (Å²) in [5, 5.41) is 3.60. The van der Waals surface area contributed by atoms with Crippen LogP contribution in [0, 0.1) is 5.92 Å². The quantitative estimate of drug-likeness (QED) is 0.813. The van der Waals surface area contributed by atoms with Gasteiger partial charge in [-0.1, -0.05) is 29.8 Å². The highest BCUT2D eigenvalue weighted by molar-refractivity contribution is 6.30. The maximum Gasteiger partial charge on any atom is 0.316 e. The molecule has 1 aliphatic heterocycles. The van der Waals surface area contributed by atoms with Crippen LogP contribution in [-0.4, -0.2) is 40.5 Å². The normalized spacial score (nSPS) is 24.4. The third-order valence-electron chi connectivity index (χ3n) is 5.45. The van der Waals surface area contributed by atoms with Crippen molar-refractivity contribution < 1.29 is 14.3 Å². The molecule has 2 fully saturated rings. The van der Waals surface area contributed by atoms with E-state index in [4.69, 9.17) is 16.3 Å². The molecular formula is C21H23ClN4O3. The number of benzene rings is 1. The van der Waals surface area contributed by atoms with Crippen LogP contribution in [-0.2, 0) is 9.59 Å². The highest BCUT2D eigenvalue weighted by Crippen LogP contribution is 2.26. The molecule has 2 aromatic rings. The lowest BCUT2D eigenvalue weighted by Crippen LogP contribution is -2.43. The third kappa shape index (κ3) is 4.85. The predicted molar refractivity (Wildman–Crippen MR) is 109 cm³/mol. The van der Waals surface area contributed by atoms with E-state index in [1.54, 1.807) is 4.90 Å². The number of ether oxygens (including phenoxy) is 1. The number of carbonyl (C=O) groups excluding carboxylic acids is 2. The van der Waals surface area contributed by atoms with Crippen molar-refractivity contribution in [2.45, 2.75) is 44.2 Å². The number of hydrogen-bond acceptors (Lipinski definition) is 5. The van der Waals surface area contributed by atoms with Gasteiger partial charge in [0.1, 0.15) is 6.10 Å². The number of halogens is 1. The average molecular weight is 415 g/mol. The first-order valence-corrected chi connectivity index (χ1v) is 10.3. The van der Waals surface area contributed by atoms with E-state index in [0.29, 0.717) is 17.6 Å². The van der Waals surface area contributed by atoms with Gasteiger partial charge in [0.15, 0.2) is 0 Å². The van der Waals surface area contributed by atoms with Crippen molar-refractivity contribution >= 4 is 29.1 Å². The number of nitrogens with one attached hydrogen (secondary N) is 1. The van der Waals surface area contributed by atoms with Crippen LogP contribution in [0.2, 0.25) is 5.02 Å². The van der Waals surface area contributed by atoms with Gasteiger partial charge in [0.2, 0.25) is 11.8 Å². The molecule has 1 aliphatic carbocycles. The molecular weight excluding hydrogens is 392 g/mol. The topological polar surface area (TPSA) is 84.4 Å². The summed E-state index contributed by atoms with van der Waals surface area (Å²) in [6.07, 6.45) is 6.60. The second kappa shape index (κ2) is 8.78. The number of amides is 2. The molecule has 7 nitrogen and oxygen atoms in total. The Hall–Kier alpha value is -2.67. The molecule has 0 spiro atoms. The first-order valence-electron chi connectivity index (χ1n) is 9.88. The highest BCUT2D eigenvalue weighted by Gasteiger charge is 2.36. The maximum absolute atomic E-state index is 12.7. The largest absolute Gasteiger partial charge is 0.460 e. The molecule has 8 heteroatoms. The van der Waals surface area contributed by atoms with Crippen molar-refractivity contribution in [3.8, 4) is 6.01 Å². The van der Waals surface area contributed by atoms with E-state index < -0.39 is 0 Å². The van der Waals surface area contributed by atoms with Crippen molar-refractivity contribution in [2.75, 3.05) is 11.4 Å². The molecule has 1 unspecified atom stereocenters. The van der Waals surface area contributed by atoms with E-state index in [0.717, 1.165) is 31.4 Å². The average Bonchev–Trinajstić information content (AvgIpc) is 3.14. The second-order valence-corrected chi connectivity index (χ2v) is 7.96. The SMILES string of the molecule is O=C(NC1CCC(Oc2ncc(Cl)cn2)CC1)C1CC(=O)N(c2ccccc2)C1. The molecule has 2 amide bonds. The third-order valence-corrected chi connectivity index (χ3v) is 5.65. The van der Waals surface area contributed by atoms with Crippen LogP contribution in [0.15, 0.2) is 42.7 Å². The molecule has 152 valence electrons. The summed E-state index contributed by atoms with van der Waals surface area (Å²) in [4.78, 5) is 34.8. The van der Waals surface area contributed by atoms with Gasteiger partial charge in [-0.2, -0.15) is 0 Å². The van der Waals surface area contributed by atoms with Crippen LogP contribution in [0.1, 0.15) is 32.1 Å². The number of hydrogen-bond donors (Lipinski definition) is 1. The Morgan fingerprint density at radius 1 is 1.10 bits per heavy atom. The summed E-state index contributed by atoms with van der Waals surface area (Å²) in [6, 6.07) is 9.92. The minimum atomic E-state index is -0.306. The molecule has 1 N–H and O–H groups in total. The molecule has 1 aromatic carbocycles. The smallest absolute Gasteiger partial charge is 0.316 e. The number of carbonyl (C=O) groups is 2. The Morgan fingerprint density at radius 3 is 2.48 bits per heavy atom. The zero-order chi connectivity index (χ0) is 20.2. The lowest BCUT2D eigenvalue weighted by molar-refractivity contribution is -0.127. The van der Waals surface area contributed by atoms with Gasteiger partial charge < -0.3 is 15.0 Å². The molecule has 1 aromatic heterocycles. The summed E-state index contributed by atoms with van der Waals surface area (Å²) in [7, 11) is 0. The monoisotopic (exact) mass is 414 g/mol. The summed E-state index contributed by atoms with van der Waals surface area (Å²) >= 11 is 5.78. The number of rotatable bonds is 5. The van der Waals surface area contributed by atoms with Crippen LogP contribution in [0.5, 0.6) is 6.01 Å². The maximum atomic E-state index is 12.7. The number of aromatic nitrogens is 2. The predicted octanol–water partition coefficient (Wildman–Crippen LogP) is 2.99. The standard InChI is InChI=1S/C21H23ClN4O3/c22-15-11-23-21(24-12-15)29-18-8-6-16(7-9-18)25-20(28)14-10-19(27)26(13-14)17-4-2-1-3-5-17/h1-5,11-12,14,16,18H,6-10,13H2,(H,25,28). The second-order valence-electron chi connectivity index (χ2n) is 7.52. The summed E-state index contributed by atoms with van der Waals surface area (Å²) in [5.74, 6) is -0.349. The van der Waals surface area contributed by atoms with E-state index in [2.05, 4.69) is 15.3 Å². The molecule has 1 saturated carbocycles. The van der Waals surface area contributed by atoms with E-state index in [1.165, 1.54) is 12.4 Å². The lowest BCUT2D eigenvalue weighted by Gasteiger charge is -2.29. The van der Waals surface area contributed by atoms with Gasteiger partial charge in [-0.15, -0.1) is 0 Å². The minimum Gasteiger partial charge on any atom is -0.460 e. The molecule has 29 heavy (non-hydrogen) atoms. The van der Waals surface area contributed by atoms with Gasteiger partial charge in [0, 0.05) is 24.7 Å². The van der Waals surface area contributed by atoms with Crippen molar-refractivity contribution in [3.05, 3.63) is 47.7 Å². The highest BCUT2D eigenvalue weighted by atomic mass is 35.5. The minimum absolute atomic E-state index is 0.00331. The Morgan fingerprint density at radius 2 is 1.79 bits per heavy atom. The van der Waals surface area contributed by atoms with Gasteiger partial charge in [-0.05, 0) is 37.8 Å². The lowest BCUT2D eigenvalue weighted by atomic mass is 9.92. The van der Waals surface area contributed by atoms with Crippen molar-refractivity contribution in [3.63, 3.8) is 0 Å². The van der Waals surface area contributed by atoms with Crippen LogP contribution in [0.25, 0.3) is 0 Å². The van der Waals surface area contributed by atoms with Crippen molar-refractivity contribution in [1.29, 1.82) is 0 Å². The molecule has 1 saturated heterocycles. The summed E-state index contributed by atoms with van der Waals surface area (Å²) in [5.41, 5.74) is 0.842. The van der Waals surface area contributed by atoms with Crippen molar-refractivity contribution in [1.82, 2.24) is 15.3 Å².